The molecule has 0 saturated heterocycles. The average molecular weight is 316 g/mol. The summed E-state index contributed by atoms with van der Waals surface area (Å²) in [5, 5.41) is 0.844. The molecule has 0 amide bonds. The van der Waals surface area contributed by atoms with E-state index in [4.69, 9.17) is 11.6 Å². The lowest BCUT2D eigenvalue weighted by atomic mass is 9.72. The van der Waals surface area contributed by atoms with Gasteiger partial charge < -0.3 is 0 Å². The summed E-state index contributed by atoms with van der Waals surface area (Å²) >= 11 is 9.95. The minimum absolute atomic E-state index is 0.459. The number of hydrogen-bond acceptors (Lipinski definition) is 0. The maximum absolute atomic E-state index is 6.03. The molecule has 1 atom stereocenters. The van der Waals surface area contributed by atoms with Gasteiger partial charge in [-0.2, -0.15) is 0 Å². The summed E-state index contributed by atoms with van der Waals surface area (Å²) in [6.45, 7) is 2.43. The van der Waals surface area contributed by atoms with Gasteiger partial charge in [0.2, 0.25) is 0 Å². The molecule has 0 spiro atoms. The number of hydrogen-bond donors (Lipinski definition) is 0. The molecule has 0 heterocycles. The number of halogens is 2. The Bertz CT molecular complexity index is 369. The van der Waals surface area contributed by atoms with Crippen LogP contribution in [0.5, 0.6) is 0 Å². The summed E-state index contributed by atoms with van der Waals surface area (Å²) in [6, 6.07) is 8.24. The monoisotopic (exact) mass is 314 g/mol. The van der Waals surface area contributed by atoms with Gasteiger partial charge in [-0.1, -0.05) is 65.8 Å². The molecular weight excluding hydrogens is 296 g/mol. The first-order chi connectivity index (χ1) is 8.10. The maximum atomic E-state index is 6.03. The summed E-state index contributed by atoms with van der Waals surface area (Å²) in [6.07, 6.45) is 7.96. The van der Waals surface area contributed by atoms with E-state index in [2.05, 4.69) is 35.0 Å². The number of rotatable bonds is 3. The number of benzene rings is 1. The predicted octanol–water partition coefficient (Wildman–Crippen LogP) is 5.62. The fraction of sp³-hybridized carbons (Fsp3) is 0.600. The smallest absolute Gasteiger partial charge is 0.0408 e. The van der Waals surface area contributed by atoms with Crippen molar-refractivity contribution in [1.29, 1.82) is 0 Å². The Labute approximate surface area is 118 Å². The van der Waals surface area contributed by atoms with Gasteiger partial charge in [-0.15, -0.1) is 0 Å². The van der Waals surface area contributed by atoms with Crippen molar-refractivity contribution < 1.29 is 0 Å². The third kappa shape index (κ3) is 3.48. The van der Waals surface area contributed by atoms with Gasteiger partial charge >= 0.3 is 0 Å². The Morgan fingerprint density at radius 2 is 2.00 bits per heavy atom. The number of alkyl halides is 1. The topological polar surface area (TPSA) is 0 Å². The standard InChI is InChI=1S/C15H20BrCl/c1-15(8-3-2-4-9-15)14(16)11-12-6-5-7-13(17)10-12/h5-7,10,14H,2-4,8-9,11H2,1H3. The Morgan fingerprint density at radius 1 is 1.29 bits per heavy atom. The van der Waals surface area contributed by atoms with Crippen molar-refractivity contribution in [2.75, 3.05) is 0 Å². The van der Waals surface area contributed by atoms with Gasteiger partial charge in [-0.3, -0.25) is 0 Å². The van der Waals surface area contributed by atoms with Crippen molar-refractivity contribution in [2.45, 2.75) is 50.3 Å². The van der Waals surface area contributed by atoms with E-state index in [1.807, 2.05) is 12.1 Å². The highest BCUT2D eigenvalue weighted by molar-refractivity contribution is 9.09. The molecule has 0 radical (unpaired) electrons. The fourth-order valence-corrected chi connectivity index (χ4v) is 3.83. The lowest BCUT2D eigenvalue weighted by Gasteiger charge is -2.38. The van der Waals surface area contributed by atoms with Gasteiger partial charge in [-0.25, -0.2) is 0 Å². The van der Waals surface area contributed by atoms with Crippen LogP contribution >= 0.6 is 27.5 Å². The van der Waals surface area contributed by atoms with Gasteiger partial charge in [0.15, 0.2) is 0 Å². The Morgan fingerprint density at radius 3 is 2.65 bits per heavy atom. The molecule has 2 heteroatoms. The summed E-state index contributed by atoms with van der Waals surface area (Å²) in [7, 11) is 0. The van der Waals surface area contributed by atoms with Crippen molar-refractivity contribution in [2.24, 2.45) is 5.41 Å². The van der Waals surface area contributed by atoms with E-state index in [1.165, 1.54) is 37.7 Å². The highest BCUT2D eigenvalue weighted by Gasteiger charge is 2.33. The van der Waals surface area contributed by atoms with Crippen molar-refractivity contribution in [3.8, 4) is 0 Å². The molecular formula is C15H20BrCl. The van der Waals surface area contributed by atoms with E-state index >= 15 is 0 Å². The Balaban J connectivity index is 2.02. The third-order valence-electron chi connectivity index (χ3n) is 4.06. The molecule has 0 aromatic heterocycles. The summed E-state index contributed by atoms with van der Waals surface area (Å²) < 4.78 is 0. The zero-order chi connectivity index (χ0) is 12.3. The van der Waals surface area contributed by atoms with E-state index in [0.29, 0.717) is 10.2 Å². The van der Waals surface area contributed by atoms with Crippen LogP contribution in [0, 0.1) is 5.41 Å². The SMILES string of the molecule is CC1(C(Br)Cc2cccc(Cl)c2)CCCCC1. The van der Waals surface area contributed by atoms with Crippen LogP contribution in [-0.4, -0.2) is 4.83 Å². The molecule has 1 unspecified atom stereocenters. The first-order valence-electron chi connectivity index (χ1n) is 6.49. The Kier molecular flexibility index (Phi) is 4.54. The molecule has 94 valence electrons. The summed E-state index contributed by atoms with van der Waals surface area (Å²) in [4.78, 5) is 0.564. The molecule has 0 N–H and O–H groups in total. The Hall–Kier alpha value is -0.0100. The molecule has 0 aliphatic heterocycles. The highest BCUT2D eigenvalue weighted by atomic mass is 79.9. The van der Waals surface area contributed by atoms with E-state index in [-0.39, 0.29) is 0 Å². The fourth-order valence-electron chi connectivity index (χ4n) is 2.79. The van der Waals surface area contributed by atoms with Gasteiger partial charge in [0.05, 0.1) is 0 Å². The van der Waals surface area contributed by atoms with Crippen molar-refractivity contribution >= 4 is 27.5 Å². The van der Waals surface area contributed by atoms with Crippen LogP contribution in [0.3, 0.4) is 0 Å². The minimum atomic E-state index is 0.459. The van der Waals surface area contributed by atoms with E-state index in [1.54, 1.807) is 0 Å². The summed E-state index contributed by atoms with van der Waals surface area (Å²) in [5.41, 5.74) is 1.80. The molecule has 1 aromatic carbocycles. The average Bonchev–Trinajstić information content (AvgIpc) is 2.30. The zero-order valence-corrected chi connectivity index (χ0v) is 12.7. The summed E-state index contributed by atoms with van der Waals surface area (Å²) in [5.74, 6) is 0. The molecule has 1 saturated carbocycles. The minimum Gasteiger partial charge on any atom is -0.0881 e. The van der Waals surface area contributed by atoms with Crippen LogP contribution in [-0.2, 0) is 6.42 Å². The second-order valence-electron chi connectivity index (χ2n) is 5.52. The normalized spacial score (nSPS) is 21.1. The van der Waals surface area contributed by atoms with E-state index in [9.17, 15) is 0 Å². The first-order valence-corrected chi connectivity index (χ1v) is 7.78. The molecule has 17 heavy (non-hydrogen) atoms. The molecule has 0 nitrogen and oxygen atoms in total. The maximum Gasteiger partial charge on any atom is 0.0408 e. The van der Waals surface area contributed by atoms with Crippen LogP contribution in [0.2, 0.25) is 5.02 Å². The lowest BCUT2D eigenvalue weighted by Crippen LogP contribution is -2.31. The van der Waals surface area contributed by atoms with Gasteiger partial charge in [0, 0.05) is 9.85 Å². The predicted molar refractivity (Wildman–Crippen MR) is 79.1 cm³/mol. The first kappa shape index (κ1) is 13.4. The van der Waals surface area contributed by atoms with Crippen molar-refractivity contribution in [3.63, 3.8) is 0 Å². The molecule has 1 aliphatic carbocycles. The van der Waals surface area contributed by atoms with Crippen LogP contribution in [0.4, 0.5) is 0 Å². The van der Waals surface area contributed by atoms with Gasteiger partial charge in [-0.05, 0) is 42.4 Å². The van der Waals surface area contributed by atoms with E-state index in [0.717, 1.165) is 11.4 Å². The van der Waals surface area contributed by atoms with Crippen LogP contribution < -0.4 is 0 Å². The molecule has 1 fully saturated rings. The second kappa shape index (κ2) is 5.75. The third-order valence-corrected chi connectivity index (χ3v) is 5.72. The van der Waals surface area contributed by atoms with Gasteiger partial charge in [0.25, 0.3) is 0 Å². The lowest BCUT2D eigenvalue weighted by molar-refractivity contribution is 0.211. The van der Waals surface area contributed by atoms with Crippen LogP contribution in [0.1, 0.15) is 44.6 Å². The molecule has 1 aromatic rings. The van der Waals surface area contributed by atoms with Crippen LogP contribution in [0.15, 0.2) is 24.3 Å². The van der Waals surface area contributed by atoms with E-state index < -0.39 is 0 Å². The zero-order valence-electron chi connectivity index (χ0n) is 10.4. The van der Waals surface area contributed by atoms with Crippen molar-refractivity contribution in [3.05, 3.63) is 34.9 Å². The quantitative estimate of drug-likeness (QED) is 0.635. The molecule has 2 rings (SSSR count). The molecule has 1 aliphatic rings. The highest BCUT2D eigenvalue weighted by Crippen LogP contribution is 2.43. The van der Waals surface area contributed by atoms with Crippen LogP contribution in [0.25, 0.3) is 0 Å². The molecule has 0 bridgehead atoms. The van der Waals surface area contributed by atoms with Crippen molar-refractivity contribution in [1.82, 2.24) is 0 Å². The second-order valence-corrected chi connectivity index (χ2v) is 7.06. The van der Waals surface area contributed by atoms with Gasteiger partial charge in [0.1, 0.15) is 0 Å². The largest absolute Gasteiger partial charge is 0.0881 e.